The van der Waals surface area contributed by atoms with Crippen LogP contribution in [0.25, 0.3) is 0 Å². The number of carbonyl (C=O) groups is 1. The Labute approximate surface area is 40.8 Å². The molecule has 1 saturated heterocycles. The van der Waals surface area contributed by atoms with Gasteiger partial charge in [-0.2, -0.15) is 0 Å². The van der Waals surface area contributed by atoms with E-state index in [1.54, 1.807) is 0 Å². The van der Waals surface area contributed by atoms with Crippen molar-refractivity contribution >= 4 is 5.91 Å². The predicted molar refractivity (Wildman–Crippen MR) is 22.2 cm³/mol. The third-order valence-electron chi connectivity index (χ3n) is 0.613. The van der Waals surface area contributed by atoms with Gasteiger partial charge in [-0.1, -0.05) is 0 Å². The molecule has 1 fully saturated rings. The second kappa shape index (κ2) is 1.29. The smallest absolute Gasteiger partial charge is 0.220 e. The van der Waals surface area contributed by atoms with E-state index in [4.69, 9.17) is 4.15 Å². The summed E-state index contributed by atoms with van der Waals surface area (Å²) in [6.45, 7) is 0.0764. The molecule has 0 aromatic rings. The van der Waals surface area contributed by atoms with Gasteiger partial charge in [0, 0.05) is 15.7 Å². The molecule has 0 aliphatic carbocycles. The molecule has 2 heteroatoms. The minimum atomic E-state index is -1.03. The topological polar surface area (TPSA) is 29.1 Å². The van der Waals surface area contributed by atoms with E-state index < -0.39 is 18.7 Å². The quantitative estimate of drug-likeness (QED) is 0.440. The Morgan fingerprint density at radius 2 is 3.00 bits per heavy atom. The molecule has 1 amide bonds. The Kier molecular flexibility index (Phi) is 0.326. The molecule has 2 unspecified atom stereocenters. The standard InChI is InChI=1S/C4H7NO/c6-4-2-1-3-5-4/h1-3H2,(H,5,6)/i1D,2D/hD. The van der Waals surface area contributed by atoms with Crippen molar-refractivity contribution in [1.82, 2.24) is 5.31 Å². The lowest BCUT2D eigenvalue weighted by Crippen LogP contribution is -2.12. The van der Waals surface area contributed by atoms with Gasteiger partial charge in [-0.15, -0.1) is 0 Å². The molecule has 1 heterocycles. The molecule has 1 rings (SSSR count). The lowest BCUT2D eigenvalue weighted by atomic mass is 10.4. The van der Waals surface area contributed by atoms with Crippen molar-refractivity contribution in [2.45, 2.75) is 12.8 Å². The number of carbonyl (C=O) groups excluding carboxylic acids is 1. The van der Waals surface area contributed by atoms with Gasteiger partial charge in [-0.05, 0) is 6.40 Å². The maximum atomic E-state index is 10.5. The van der Waals surface area contributed by atoms with E-state index >= 15 is 0 Å². The van der Waals surface area contributed by atoms with Gasteiger partial charge in [0.15, 0.2) is 1.41 Å². The molecule has 0 aromatic carbocycles. The second-order valence-corrected chi connectivity index (χ2v) is 1.08. The highest BCUT2D eigenvalue weighted by Crippen LogP contribution is 1.93. The van der Waals surface area contributed by atoms with Gasteiger partial charge in [0.2, 0.25) is 5.91 Å². The zero-order valence-electron chi connectivity index (χ0n) is 6.22. The highest BCUT2D eigenvalue weighted by molar-refractivity contribution is 5.77. The van der Waals surface area contributed by atoms with E-state index in [-0.39, 0.29) is 6.54 Å². The third kappa shape index (κ3) is 0.506. The lowest BCUT2D eigenvalue weighted by Gasteiger charge is -1.80. The molecular weight excluding hydrogens is 78.0 g/mol. The van der Waals surface area contributed by atoms with Crippen molar-refractivity contribution in [3.63, 3.8) is 0 Å². The van der Waals surface area contributed by atoms with Crippen LogP contribution in [0, 0.1) is 0 Å². The van der Waals surface area contributed by atoms with Crippen molar-refractivity contribution < 1.29 is 8.95 Å². The molecule has 34 valence electrons. The molecule has 1 N–H and O–H groups in total. The van der Waals surface area contributed by atoms with E-state index in [0.29, 0.717) is 5.31 Å². The lowest BCUT2D eigenvalue weighted by molar-refractivity contribution is -0.119. The Morgan fingerprint density at radius 3 is 3.17 bits per heavy atom. The number of rotatable bonds is 0. The van der Waals surface area contributed by atoms with E-state index in [0.717, 1.165) is 0 Å². The SMILES string of the molecule is [2H]C1CN([2H])C(=O)C1[2H]. The number of nitrogens with one attached hydrogen (secondary N) is 1. The first-order chi connectivity index (χ1) is 4.13. The molecule has 0 radical (unpaired) electrons. The Hall–Kier alpha value is -0.530. The van der Waals surface area contributed by atoms with Crippen LogP contribution in [0.15, 0.2) is 0 Å². The Morgan fingerprint density at radius 1 is 2.17 bits per heavy atom. The average molecular weight is 88.1 g/mol. The van der Waals surface area contributed by atoms with E-state index in [1.807, 2.05) is 0 Å². The van der Waals surface area contributed by atoms with E-state index in [2.05, 4.69) is 0 Å². The third-order valence-corrected chi connectivity index (χ3v) is 0.613. The summed E-state index contributed by atoms with van der Waals surface area (Å²) in [5.41, 5.74) is 0. The van der Waals surface area contributed by atoms with Crippen LogP contribution >= 0.6 is 0 Å². The van der Waals surface area contributed by atoms with Crippen molar-refractivity contribution in [3.05, 3.63) is 0 Å². The van der Waals surface area contributed by atoms with Gasteiger partial charge in [0.05, 0.1) is 0 Å². The zero-order valence-corrected chi connectivity index (χ0v) is 3.22. The highest BCUT2D eigenvalue weighted by atomic mass is 16.1. The van der Waals surface area contributed by atoms with Crippen LogP contribution in [0.4, 0.5) is 0 Å². The largest absolute Gasteiger partial charge is 0.356 e. The summed E-state index contributed by atoms with van der Waals surface area (Å²) in [5, 5.41) is 0.676. The average Bonchev–Trinajstić information content (AvgIpc) is 1.98. The summed E-state index contributed by atoms with van der Waals surface area (Å²) in [6, 6.07) is 0. The Bertz CT molecular complexity index is 140. The minimum absolute atomic E-state index is 0.0764. The van der Waals surface area contributed by atoms with Crippen LogP contribution < -0.4 is 5.31 Å². The molecule has 0 saturated carbocycles. The summed E-state index contributed by atoms with van der Waals surface area (Å²) in [4.78, 5) is 10.5. The first-order valence-electron chi connectivity index (χ1n) is 3.38. The molecule has 6 heavy (non-hydrogen) atoms. The van der Waals surface area contributed by atoms with Gasteiger partial charge < -0.3 is 5.31 Å². The Balaban J connectivity index is 2.65. The summed E-state index contributed by atoms with van der Waals surface area (Å²) >= 11 is 0. The van der Waals surface area contributed by atoms with E-state index in [1.165, 1.54) is 0 Å². The molecule has 1 aliphatic rings. The van der Waals surface area contributed by atoms with Gasteiger partial charge in [0.25, 0.3) is 0 Å². The fourth-order valence-corrected chi connectivity index (χ4v) is 0.349. The maximum Gasteiger partial charge on any atom is 0.220 e. The number of hydrogen-bond donors (Lipinski definition) is 1. The van der Waals surface area contributed by atoms with Crippen molar-refractivity contribution in [3.8, 4) is 0 Å². The van der Waals surface area contributed by atoms with E-state index in [9.17, 15) is 4.79 Å². The summed E-state index contributed by atoms with van der Waals surface area (Å²) in [6.07, 6.45) is -1.75. The van der Waals surface area contributed by atoms with Crippen LogP contribution in [0.2, 0.25) is 1.41 Å². The normalized spacial score (nSPS) is 54.3. The van der Waals surface area contributed by atoms with Crippen molar-refractivity contribution in [2.75, 3.05) is 6.54 Å². The van der Waals surface area contributed by atoms with Crippen LogP contribution in [0.3, 0.4) is 0 Å². The molecule has 2 nitrogen and oxygen atoms in total. The summed E-state index contributed by atoms with van der Waals surface area (Å²) in [5.74, 6) is -0.560. The molecule has 0 spiro atoms. The molecule has 1 aliphatic heterocycles. The van der Waals surface area contributed by atoms with Crippen LogP contribution in [0.5, 0.6) is 0 Å². The number of hydrogen-bond acceptors (Lipinski definition) is 1. The number of amides is 1. The first-order valence-corrected chi connectivity index (χ1v) is 1.77. The van der Waals surface area contributed by atoms with Crippen molar-refractivity contribution in [2.24, 2.45) is 0 Å². The van der Waals surface area contributed by atoms with Crippen LogP contribution in [-0.4, -0.2) is 12.5 Å². The molecule has 0 aromatic heterocycles. The van der Waals surface area contributed by atoms with Gasteiger partial charge in [0.1, 0.15) is 0 Å². The first kappa shape index (κ1) is 1.52. The monoisotopic (exact) mass is 88.1 g/mol. The predicted octanol–water partition coefficient (Wildman–Crippen LogP) is -0.104. The van der Waals surface area contributed by atoms with Gasteiger partial charge >= 0.3 is 0 Å². The van der Waals surface area contributed by atoms with Crippen molar-refractivity contribution in [1.29, 1.82) is 0 Å². The molecular formula is C4H7NO. The molecule has 2 atom stereocenters. The summed E-state index contributed by atoms with van der Waals surface area (Å²) in [7, 11) is 0. The fraction of sp³-hybridized carbons (Fsp3) is 0.750. The minimum Gasteiger partial charge on any atom is -0.356 e. The van der Waals surface area contributed by atoms with Crippen LogP contribution in [0.1, 0.15) is 15.5 Å². The molecule has 0 bridgehead atoms. The van der Waals surface area contributed by atoms with Gasteiger partial charge in [-0.3, -0.25) is 4.79 Å². The zero-order chi connectivity index (χ0) is 7.02. The highest BCUT2D eigenvalue weighted by Gasteiger charge is 2.05. The van der Waals surface area contributed by atoms with Gasteiger partial charge in [-0.25, -0.2) is 0 Å². The second-order valence-electron chi connectivity index (χ2n) is 1.08. The summed E-state index contributed by atoms with van der Waals surface area (Å²) < 4.78 is 20.8. The van der Waals surface area contributed by atoms with Crippen LogP contribution in [-0.2, 0) is 4.79 Å². The fourth-order valence-electron chi connectivity index (χ4n) is 0.349. The maximum absolute atomic E-state index is 10.5.